The number of carbonyl (C=O) groups excluding carboxylic acids is 1. The van der Waals surface area contributed by atoms with E-state index < -0.39 is 0 Å². The Morgan fingerprint density at radius 3 is 2.96 bits per heavy atom. The number of amides is 1. The Kier molecular flexibility index (Phi) is 3.59. The molecule has 8 nitrogen and oxygen atoms in total. The summed E-state index contributed by atoms with van der Waals surface area (Å²) in [5.41, 5.74) is 0. The molecule has 0 radical (unpaired) electrons. The molecule has 1 saturated heterocycles. The standard InChI is InChI=1S/C15H20N6O2/c1-10-16-14(23-19-10)11-6-8-20(9-11)15(22)13-18-17-12-5-3-2-4-7-21(12)13/h11H,2-9H2,1H3. The monoisotopic (exact) mass is 316 g/mol. The van der Waals surface area contributed by atoms with Crippen LogP contribution in [0.2, 0.25) is 0 Å². The highest BCUT2D eigenvalue weighted by Gasteiger charge is 2.33. The average molecular weight is 316 g/mol. The number of hydrogen-bond acceptors (Lipinski definition) is 6. The first kappa shape index (κ1) is 14.3. The number of aromatic nitrogens is 5. The summed E-state index contributed by atoms with van der Waals surface area (Å²) in [4.78, 5) is 18.9. The van der Waals surface area contributed by atoms with Crippen molar-refractivity contribution in [2.75, 3.05) is 13.1 Å². The highest BCUT2D eigenvalue weighted by Crippen LogP contribution is 2.27. The van der Waals surface area contributed by atoms with Gasteiger partial charge in [-0.05, 0) is 26.2 Å². The van der Waals surface area contributed by atoms with Gasteiger partial charge in [-0.25, -0.2) is 0 Å². The highest BCUT2D eigenvalue weighted by atomic mass is 16.5. The number of nitrogens with zero attached hydrogens (tertiary/aromatic N) is 6. The van der Waals surface area contributed by atoms with Gasteiger partial charge in [0.05, 0.1) is 5.92 Å². The van der Waals surface area contributed by atoms with Crippen molar-refractivity contribution in [3.63, 3.8) is 0 Å². The minimum atomic E-state index is -0.0376. The smallest absolute Gasteiger partial charge is 0.291 e. The number of aryl methyl sites for hydroxylation is 2. The first-order chi connectivity index (χ1) is 11.2. The molecule has 2 aromatic rings. The van der Waals surface area contributed by atoms with E-state index >= 15 is 0 Å². The van der Waals surface area contributed by atoms with Crippen LogP contribution in [0.25, 0.3) is 0 Å². The van der Waals surface area contributed by atoms with Gasteiger partial charge in [-0.15, -0.1) is 10.2 Å². The maximum atomic E-state index is 12.8. The summed E-state index contributed by atoms with van der Waals surface area (Å²) in [6.45, 7) is 3.93. The predicted octanol–water partition coefficient (Wildman–Crippen LogP) is 1.33. The van der Waals surface area contributed by atoms with Crippen molar-refractivity contribution in [2.45, 2.75) is 51.5 Å². The van der Waals surface area contributed by atoms with Crippen molar-refractivity contribution in [1.29, 1.82) is 0 Å². The molecule has 2 aliphatic heterocycles. The zero-order chi connectivity index (χ0) is 15.8. The van der Waals surface area contributed by atoms with Gasteiger partial charge in [-0.1, -0.05) is 11.6 Å². The van der Waals surface area contributed by atoms with Gasteiger partial charge in [0.25, 0.3) is 5.91 Å². The molecule has 0 bridgehead atoms. The molecule has 122 valence electrons. The lowest BCUT2D eigenvalue weighted by Gasteiger charge is -2.16. The fourth-order valence-corrected chi connectivity index (χ4v) is 3.41. The maximum absolute atomic E-state index is 12.8. The first-order valence-electron chi connectivity index (χ1n) is 8.24. The molecule has 1 unspecified atom stereocenters. The van der Waals surface area contributed by atoms with Crippen molar-refractivity contribution >= 4 is 5.91 Å². The summed E-state index contributed by atoms with van der Waals surface area (Å²) in [6, 6.07) is 0. The fourth-order valence-electron chi connectivity index (χ4n) is 3.41. The van der Waals surface area contributed by atoms with Gasteiger partial charge in [0, 0.05) is 26.1 Å². The van der Waals surface area contributed by atoms with Crippen molar-refractivity contribution < 1.29 is 9.32 Å². The molecule has 1 fully saturated rings. The van der Waals surface area contributed by atoms with Crippen molar-refractivity contribution in [3.8, 4) is 0 Å². The summed E-state index contributed by atoms with van der Waals surface area (Å²) in [7, 11) is 0. The molecule has 8 heteroatoms. The van der Waals surface area contributed by atoms with Gasteiger partial charge in [-0.2, -0.15) is 4.98 Å². The third-order valence-corrected chi connectivity index (χ3v) is 4.67. The highest BCUT2D eigenvalue weighted by molar-refractivity contribution is 5.91. The second-order valence-corrected chi connectivity index (χ2v) is 6.32. The first-order valence-corrected chi connectivity index (χ1v) is 8.24. The van der Waals surface area contributed by atoms with E-state index in [2.05, 4.69) is 20.3 Å². The van der Waals surface area contributed by atoms with E-state index in [0.29, 0.717) is 30.6 Å². The van der Waals surface area contributed by atoms with Gasteiger partial charge < -0.3 is 14.0 Å². The molecule has 0 saturated carbocycles. The minimum absolute atomic E-state index is 0.0376. The number of hydrogen-bond donors (Lipinski definition) is 0. The zero-order valence-corrected chi connectivity index (χ0v) is 13.2. The van der Waals surface area contributed by atoms with E-state index in [4.69, 9.17) is 4.52 Å². The summed E-state index contributed by atoms with van der Waals surface area (Å²) in [5, 5.41) is 12.2. The predicted molar refractivity (Wildman–Crippen MR) is 79.9 cm³/mol. The van der Waals surface area contributed by atoms with Crippen LogP contribution in [0, 0.1) is 6.92 Å². The maximum Gasteiger partial charge on any atom is 0.291 e. The van der Waals surface area contributed by atoms with E-state index in [1.807, 2.05) is 9.47 Å². The molecule has 0 aromatic carbocycles. The Bertz CT molecular complexity index is 721. The SMILES string of the molecule is Cc1noc(C2CCN(C(=O)c3nnc4n3CCCCC4)C2)n1. The lowest BCUT2D eigenvalue weighted by molar-refractivity contribution is 0.0771. The Morgan fingerprint density at radius 2 is 2.13 bits per heavy atom. The normalized spacial score (nSPS) is 21.3. The van der Waals surface area contributed by atoms with Crippen LogP contribution < -0.4 is 0 Å². The van der Waals surface area contributed by atoms with E-state index in [1.165, 1.54) is 6.42 Å². The van der Waals surface area contributed by atoms with Crippen LogP contribution in [0.15, 0.2) is 4.52 Å². The van der Waals surface area contributed by atoms with E-state index in [0.717, 1.165) is 38.1 Å². The summed E-state index contributed by atoms with van der Waals surface area (Å²) >= 11 is 0. The Hall–Kier alpha value is -2.25. The van der Waals surface area contributed by atoms with Crippen LogP contribution in [0.5, 0.6) is 0 Å². The quantitative estimate of drug-likeness (QED) is 0.830. The van der Waals surface area contributed by atoms with Crippen LogP contribution in [0.1, 0.15) is 59.8 Å². The molecule has 0 spiro atoms. The lowest BCUT2D eigenvalue weighted by Crippen LogP contribution is -2.31. The molecule has 4 heterocycles. The molecule has 1 atom stereocenters. The molecule has 0 aliphatic carbocycles. The van der Waals surface area contributed by atoms with E-state index in [-0.39, 0.29) is 11.8 Å². The fraction of sp³-hybridized carbons (Fsp3) is 0.667. The van der Waals surface area contributed by atoms with Crippen LogP contribution in [0.4, 0.5) is 0 Å². The average Bonchev–Trinajstić information content (AvgIpc) is 3.24. The number of rotatable bonds is 2. The zero-order valence-electron chi connectivity index (χ0n) is 13.2. The third-order valence-electron chi connectivity index (χ3n) is 4.67. The molecule has 23 heavy (non-hydrogen) atoms. The van der Waals surface area contributed by atoms with Crippen molar-refractivity contribution in [2.24, 2.45) is 0 Å². The molecule has 0 N–H and O–H groups in total. The number of fused-ring (bicyclic) bond motifs is 1. The molecule has 2 aliphatic rings. The summed E-state index contributed by atoms with van der Waals surface area (Å²) in [6.07, 6.45) is 5.13. The summed E-state index contributed by atoms with van der Waals surface area (Å²) in [5.74, 6) is 2.75. The van der Waals surface area contributed by atoms with Gasteiger partial charge in [-0.3, -0.25) is 4.79 Å². The van der Waals surface area contributed by atoms with E-state index in [9.17, 15) is 4.79 Å². The van der Waals surface area contributed by atoms with Crippen molar-refractivity contribution in [1.82, 2.24) is 29.8 Å². The van der Waals surface area contributed by atoms with Crippen LogP contribution in [-0.2, 0) is 13.0 Å². The Labute approximate surface area is 133 Å². The van der Waals surface area contributed by atoms with Crippen LogP contribution in [0.3, 0.4) is 0 Å². The molecular formula is C15H20N6O2. The molecule has 1 amide bonds. The van der Waals surface area contributed by atoms with Crippen LogP contribution in [-0.4, -0.2) is 48.8 Å². The second kappa shape index (κ2) is 5.75. The van der Waals surface area contributed by atoms with Gasteiger partial charge in [0.2, 0.25) is 11.7 Å². The topological polar surface area (TPSA) is 89.9 Å². The van der Waals surface area contributed by atoms with Crippen LogP contribution >= 0.6 is 0 Å². The Balaban J connectivity index is 1.51. The van der Waals surface area contributed by atoms with Crippen molar-refractivity contribution in [3.05, 3.63) is 23.4 Å². The van der Waals surface area contributed by atoms with Gasteiger partial charge in [0.15, 0.2) is 5.82 Å². The molecular weight excluding hydrogens is 296 g/mol. The minimum Gasteiger partial charge on any atom is -0.339 e. The molecule has 2 aromatic heterocycles. The third kappa shape index (κ3) is 2.62. The lowest BCUT2D eigenvalue weighted by atomic mass is 10.1. The second-order valence-electron chi connectivity index (χ2n) is 6.32. The largest absolute Gasteiger partial charge is 0.339 e. The number of likely N-dealkylation sites (tertiary alicyclic amines) is 1. The summed E-state index contributed by atoms with van der Waals surface area (Å²) < 4.78 is 7.24. The number of carbonyl (C=O) groups is 1. The molecule has 4 rings (SSSR count). The van der Waals surface area contributed by atoms with E-state index in [1.54, 1.807) is 6.92 Å². The van der Waals surface area contributed by atoms with Gasteiger partial charge in [0.1, 0.15) is 5.82 Å². The Morgan fingerprint density at radius 1 is 1.22 bits per heavy atom. The van der Waals surface area contributed by atoms with Gasteiger partial charge >= 0.3 is 0 Å².